The molecule has 0 aliphatic rings. The van der Waals surface area contributed by atoms with Crippen molar-refractivity contribution in [2.24, 2.45) is 11.7 Å². The zero-order valence-electron chi connectivity index (χ0n) is 19.1. The molecule has 6 nitrogen and oxygen atoms in total. The van der Waals surface area contributed by atoms with Crippen molar-refractivity contribution in [2.45, 2.75) is 26.2 Å². The highest BCUT2D eigenvalue weighted by Crippen LogP contribution is 2.27. The largest absolute Gasteiger partial charge is 0.455 e. The van der Waals surface area contributed by atoms with E-state index in [4.69, 9.17) is 15.8 Å². The van der Waals surface area contributed by atoms with Gasteiger partial charge in [0.15, 0.2) is 6.29 Å². The lowest BCUT2D eigenvalue weighted by Gasteiger charge is -2.15. The van der Waals surface area contributed by atoms with Crippen LogP contribution in [0.3, 0.4) is 0 Å². The van der Waals surface area contributed by atoms with Gasteiger partial charge in [0.25, 0.3) is 0 Å². The van der Waals surface area contributed by atoms with Crippen molar-refractivity contribution in [1.82, 2.24) is 9.97 Å². The predicted octanol–water partition coefficient (Wildman–Crippen LogP) is 5.01. The van der Waals surface area contributed by atoms with E-state index >= 15 is 0 Å². The molecule has 6 N–H and O–H groups in total. The van der Waals surface area contributed by atoms with Crippen LogP contribution in [-0.4, -0.2) is 33.4 Å². The number of benzene rings is 2. The van der Waals surface area contributed by atoms with E-state index in [9.17, 15) is 4.79 Å². The molecular formula is C26H32BN3O3. The molecule has 2 aromatic heterocycles. The Balaban J connectivity index is 0.000000189. The summed E-state index contributed by atoms with van der Waals surface area (Å²) in [5, 5.41) is 18.6. The third-order valence-corrected chi connectivity index (χ3v) is 5.25. The Bertz CT molecular complexity index is 1180. The van der Waals surface area contributed by atoms with Gasteiger partial charge in [-0.15, -0.1) is 6.58 Å². The third kappa shape index (κ3) is 7.32. The first-order valence-corrected chi connectivity index (χ1v) is 10.9. The molecule has 0 saturated heterocycles. The Labute approximate surface area is 195 Å². The fraction of sp³-hybridized carbons (Fsp3) is 0.192. The molecule has 4 rings (SSSR count). The highest BCUT2D eigenvalue weighted by molar-refractivity contribution is 6.41. The maximum absolute atomic E-state index is 10.5. The van der Waals surface area contributed by atoms with E-state index in [1.807, 2.05) is 55.6 Å². The molecule has 2 heterocycles. The van der Waals surface area contributed by atoms with Gasteiger partial charge >= 0.3 is 7.12 Å². The van der Waals surface area contributed by atoms with Gasteiger partial charge in [-0.2, -0.15) is 0 Å². The first-order valence-electron chi connectivity index (χ1n) is 10.9. The van der Waals surface area contributed by atoms with Crippen molar-refractivity contribution < 1.29 is 14.8 Å². The molecule has 33 heavy (non-hydrogen) atoms. The predicted molar refractivity (Wildman–Crippen MR) is 138 cm³/mol. The fourth-order valence-corrected chi connectivity index (χ4v) is 3.25. The van der Waals surface area contributed by atoms with Crippen LogP contribution in [0, 0.1) is 5.92 Å². The van der Waals surface area contributed by atoms with Gasteiger partial charge in [-0.3, -0.25) is 4.79 Å². The highest BCUT2D eigenvalue weighted by Gasteiger charge is 2.15. The standard InChI is InChI=1S/C13H16N2.C9H7NO.C4H9BO2/c1-3-9(2)13(14)11-8-15-12-7-5-4-6-10(11)12;11-6-7-5-10-9-4-2-1-3-8(7)9;1-2-3-4-5(6)7/h3-9,13,15H,1,14H2,2H3;1-6,10H;2-3,6-7H,4H2,1H3/b;;3-2-/t9-,13+;;/m1../s1. The number of allylic oxidation sites excluding steroid dienone is 2. The van der Waals surface area contributed by atoms with Crippen LogP contribution in [0.25, 0.3) is 21.8 Å². The summed E-state index contributed by atoms with van der Waals surface area (Å²) in [4.78, 5) is 16.7. The lowest BCUT2D eigenvalue weighted by atomic mass is 9.86. The summed E-state index contributed by atoms with van der Waals surface area (Å²) >= 11 is 0. The number of rotatable bonds is 6. The molecule has 0 radical (unpaired) electrons. The van der Waals surface area contributed by atoms with E-state index in [2.05, 4.69) is 35.6 Å². The van der Waals surface area contributed by atoms with Crippen molar-refractivity contribution in [3.05, 3.63) is 96.9 Å². The Kier molecular flexibility index (Phi) is 10.4. The number of aromatic nitrogens is 2. The van der Waals surface area contributed by atoms with Crippen LogP contribution in [0.2, 0.25) is 6.32 Å². The molecule has 0 fully saturated rings. The average molecular weight is 445 g/mol. The van der Waals surface area contributed by atoms with Crippen molar-refractivity contribution in [2.75, 3.05) is 0 Å². The normalized spacial score (nSPS) is 12.4. The Morgan fingerprint density at radius 1 is 1.03 bits per heavy atom. The van der Waals surface area contributed by atoms with Crippen LogP contribution in [0.1, 0.15) is 35.8 Å². The maximum atomic E-state index is 10.5. The number of aldehydes is 1. The molecule has 0 aliphatic heterocycles. The molecule has 0 saturated carbocycles. The first-order chi connectivity index (χ1) is 15.9. The zero-order valence-corrected chi connectivity index (χ0v) is 19.1. The van der Waals surface area contributed by atoms with Gasteiger partial charge < -0.3 is 25.7 Å². The summed E-state index contributed by atoms with van der Waals surface area (Å²) in [6.07, 6.45) is 10.3. The van der Waals surface area contributed by atoms with E-state index in [0.29, 0.717) is 6.32 Å². The van der Waals surface area contributed by atoms with Crippen molar-refractivity contribution in [3.63, 3.8) is 0 Å². The average Bonchev–Trinajstić information content (AvgIpc) is 3.46. The van der Waals surface area contributed by atoms with Crippen LogP contribution in [0.15, 0.2) is 85.7 Å². The highest BCUT2D eigenvalue weighted by atomic mass is 16.4. The first kappa shape index (κ1) is 25.9. The zero-order chi connectivity index (χ0) is 24.2. The van der Waals surface area contributed by atoms with Gasteiger partial charge in [0.05, 0.1) is 0 Å². The second-order valence-electron chi connectivity index (χ2n) is 7.60. The second kappa shape index (κ2) is 13.2. The van der Waals surface area contributed by atoms with E-state index in [-0.39, 0.29) is 12.0 Å². The van der Waals surface area contributed by atoms with Crippen LogP contribution < -0.4 is 5.73 Å². The summed E-state index contributed by atoms with van der Waals surface area (Å²) in [5.41, 5.74) is 10.2. The minimum absolute atomic E-state index is 0.0126. The lowest BCUT2D eigenvalue weighted by molar-refractivity contribution is 0.112. The minimum atomic E-state index is -1.18. The molecular weight excluding hydrogens is 413 g/mol. The number of para-hydroxylation sites is 2. The number of hydrogen-bond donors (Lipinski definition) is 5. The number of H-pyrrole nitrogens is 2. The van der Waals surface area contributed by atoms with Crippen LogP contribution >= 0.6 is 0 Å². The van der Waals surface area contributed by atoms with Crippen LogP contribution in [0.5, 0.6) is 0 Å². The summed E-state index contributed by atoms with van der Waals surface area (Å²) < 4.78 is 0. The third-order valence-electron chi connectivity index (χ3n) is 5.25. The van der Waals surface area contributed by atoms with Gasteiger partial charge in [-0.25, -0.2) is 0 Å². The van der Waals surface area contributed by atoms with E-state index in [0.717, 1.165) is 33.8 Å². The smallest absolute Gasteiger partial charge is 0.427 e. The fourth-order valence-electron chi connectivity index (χ4n) is 3.25. The summed E-state index contributed by atoms with van der Waals surface area (Å²) in [6, 6.07) is 15.9. The number of fused-ring (bicyclic) bond motifs is 2. The monoisotopic (exact) mass is 445 g/mol. The quantitative estimate of drug-likeness (QED) is 0.163. The van der Waals surface area contributed by atoms with Crippen molar-refractivity contribution in [1.29, 1.82) is 0 Å². The Morgan fingerprint density at radius 2 is 1.61 bits per heavy atom. The number of carbonyl (C=O) groups excluding carboxylic acids is 1. The number of nitrogens with two attached hydrogens (primary N) is 1. The molecule has 0 aliphatic carbocycles. The number of aromatic amines is 2. The summed E-state index contributed by atoms with van der Waals surface area (Å²) in [6.45, 7) is 7.70. The number of nitrogens with one attached hydrogen (secondary N) is 2. The lowest BCUT2D eigenvalue weighted by Crippen LogP contribution is -2.16. The van der Waals surface area contributed by atoms with E-state index in [1.165, 1.54) is 5.39 Å². The van der Waals surface area contributed by atoms with Crippen molar-refractivity contribution >= 4 is 35.2 Å². The molecule has 0 bridgehead atoms. The summed E-state index contributed by atoms with van der Waals surface area (Å²) in [7, 11) is -1.18. The molecule has 2 atom stereocenters. The Morgan fingerprint density at radius 3 is 2.15 bits per heavy atom. The molecule has 0 amide bonds. The molecule has 0 spiro atoms. The maximum Gasteiger partial charge on any atom is 0.455 e. The number of carbonyl (C=O) groups is 1. The van der Waals surface area contributed by atoms with Crippen molar-refractivity contribution in [3.8, 4) is 0 Å². The van der Waals surface area contributed by atoms with Gasteiger partial charge in [0, 0.05) is 45.8 Å². The molecule has 7 heteroatoms. The van der Waals surface area contributed by atoms with Crippen LogP contribution in [0.4, 0.5) is 0 Å². The molecule has 4 aromatic rings. The van der Waals surface area contributed by atoms with Gasteiger partial charge in [0.1, 0.15) is 0 Å². The second-order valence-corrected chi connectivity index (χ2v) is 7.60. The van der Waals surface area contributed by atoms with Gasteiger partial charge in [0.2, 0.25) is 0 Å². The van der Waals surface area contributed by atoms with Gasteiger partial charge in [-0.1, -0.05) is 61.5 Å². The summed E-state index contributed by atoms with van der Waals surface area (Å²) in [5.74, 6) is 0.282. The van der Waals surface area contributed by atoms with E-state index in [1.54, 1.807) is 18.3 Å². The van der Waals surface area contributed by atoms with Gasteiger partial charge in [-0.05, 0) is 36.9 Å². The molecule has 2 aromatic carbocycles. The molecule has 0 unspecified atom stereocenters. The Hall–Kier alpha value is -3.39. The topological polar surface area (TPSA) is 115 Å². The SMILES string of the molecule is C/C=C\CB(O)O.C=C[C@@H](C)[C@H](N)c1c[nH]c2ccccc12.O=Cc1c[nH]c2ccccc12. The minimum Gasteiger partial charge on any atom is -0.427 e. The van der Waals surface area contributed by atoms with Crippen LogP contribution in [-0.2, 0) is 0 Å². The number of hydrogen-bond acceptors (Lipinski definition) is 4. The van der Waals surface area contributed by atoms with E-state index < -0.39 is 7.12 Å². The molecule has 172 valence electrons.